The van der Waals surface area contributed by atoms with Crippen molar-refractivity contribution in [2.45, 2.75) is 27.7 Å². The standard InChI is InChI=1S/C21H21N3O5.C15H17N3O6/c1-12-5-8-16(9-6-12)22-20(27)19(14(3)26)24-23-18-11-15(13(2)25)7-10-17(18)21(28)29-4;1-8(19)12(13(20)16-2)18-17-11-7-9(14(21)23-3)5-6-10(11)15(22)24-4/h5-11,26H,1-4H3,(H,22,27);5-7,19H,1-4H3,(H,16,20). The normalized spacial score (nSPS) is 11.7. The van der Waals surface area contributed by atoms with E-state index in [0.29, 0.717) is 11.3 Å². The number of carbonyl (C=O) groups is 6. The lowest BCUT2D eigenvalue weighted by molar-refractivity contribution is -0.117. The summed E-state index contributed by atoms with van der Waals surface area (Å²) in [4.78, 5) is 71.0. The van der Waals surface area contributed by atoms with Gasteiger partial charge in [-0.25, -0.2) is 14.4 Å². The van der Waals surface area contributed by atoms with Crippen molar-refractivity contribution in [3.63, 3.8) is 0 Å². The molecule has 0 aromatic heterocycles. The van der Waals surface area contributed by atoms with E-state index in [1.54, 1.807) is 12.1 Å². The first kappa shape index (κ1) is 42.1. The van der Waals surface area contributed by atoms with E-state index in [1.165, 1.54) is 85.5 Å². The molecule has 0 bridgehead atoms. The van der Waals surface area contributed by atoms with Crippen molar-refractivity contribution >= 4 is 52.6 Å². The zero-order chi connectivity index (χ0) is 39.8. The van der Waals surface area contributed by atoms with Crippen LogP contribution >= 0.6 is 0 Å². The van der Waals surface area contributed by atoms with Crippen molar-refractivity contribution in [2.75, 3.05) is 33.7 Å². The van der Waals surface area contributed by atoms with E-state index >= 15 is 0 Å². The van der Waals surface area contributed by atoms with Gasteiger partial charge in [-0.15, -0.1) is 20.5 Å². The van der Waals surface area contributed by atoms with Crippen LogP contribution in [0.5, 0.6) is 0 Å². The number of carbonyl (C=O) groups excluding carboxylic acids is 6. The lowest BCUT2D eigenvalue weighted by Gasteiger charge is -2.07. The third-order valence-electron chi connectivity index (χ3n) is 6.80. The molecule has 0 saturated heterocycles. The molecule has 17 nitrogen and oxygen atoms in total. The zero-order valence-electron chi connectivity index (χ0n) is 30.1. The van der Waals surface area contributed by atoms with Crippen molar-refractivity contribution in [3.05, 3.63) is 111 Å². The number of ether oxygens (including phenoxy) is 3. The molecule has 0 unspecified atom stereocenters. The van der Waals surface area contributed by atoms with Crippen LogP contribution in [0.1, 0.15) is 67.8 Å². The van der Waals surface area contributed by atoms with E-state index in [9.17, 15) is 39.0 Å². The van der Waals surface area contributed by atoms with Gasteiger partial charge in [-0.3, -0.25) is 14.4 Å². The number of aliphatic hydroxyl groups excluding tert-OH is 2. The van der Waals surface area contributed by atoms with E-state index in [2.05, 4.69) is 40.6 Å². The van der Waals surface area contributed by atoms with E-state index in [1.807, 2.05) is 19.1 Å². The number of ketones is 1. The molecule has 0 atom stereocenters. The molecule has 17 heteroatoms. The Kier molecular flexibility index (Phi) is 15.9. The van der Waals surface area contributed by atoms with Gasteiger partial charge in [0.25, 0.3) is 11.8 Å². The second kappa shape index (κ2) is 20.0. The number of benzene rings is 3. The van der Waals surface area contributed by atoms with Crippen molar-refractivity contribution in [3.8, 4) is 0 Å². The van der Waals surface area contributed by atoms with Crippen LogP contribution in [0.2, 0.25) is 0 Å². The van der Waals surface area contributed by atoms with E-state index in [0.717, 1.165) is 5.56 Å². The Bertz CT molecular complexity index is 2010. The number of amides is 2. The van der Waals surface area contributed by atoms with Crippen molar-refractivity contribution in [1.82, 2.24) is 5.32 Å². The highest BCUT2D eigenvalue weighted by molar-refractivity contribution is 6.04. The number of esters is 3. The first-order valence-corrected chi connectivity index (χ1v) is 15.4. The molecule has 0 saturated carbocycles. The van der Waals surface area contributed by atoms with Gasteiger partial charge in [0.05, 0.1) is 38.0 Å². The number of nitrogens with one attached hydrogen (secondary N) is 2. The molecule has 2 amide bonds. The number of aliphatic hydroxyl groups is 2. The number of hydrogen-bond acceptors (Lipinski definition) is 15. The first-order valence-electron chi connectivity index (χ1n) is 15.4. The van der Waals surface area contributed by atoms with Crippen molar-refractivity contribution in [2.24, 2.45) is 20.5 Å². The number of aryl methyl sites for hydroxylation is 1. The second-order valence-electron chi connectivity index (χ2n) is 10.7. The summed E-state index contributed by atoms with van der Waals surface area (Å²) in [6.07, 6.45) is 0. The number of anilines is 1. The molecule has 278 valence electrons. The van der Waals surface area contributed by atoms with Gasteiger partial charge in [0.15, 0.2) is 17.2 Å². The number of rotatable bonds is 11. The highest BCUT2D eigenvalue weighted by Gasteiger charge is 2.19. The fraction of sp³-hybridized carbons (Fsp3) is 0.222. The predicted octanol–water partition coefficient (Wildman–Crippen LogP) is 6.38. The van der Waals surface area contributed by atoms with Crippen molar-refractivity contribution in [1.29, 1.82) is 0 Å². The molecule has 0 fully saturated rings. The van der Waals surface area contributed by atoms with Crippen LogP contribution < -0.4 is 10.6 Å². The van der Waals surface area contributed by atoms with E-state index in [-0.39, 0.29) is 56.8 Å². The predicted molar refractivity (Wildman–Crippen MR) is 190 cm³/mol. The molecular formula is C36H38N6O11. The monoisotopic (exact) mass is 730 g/mol. The average Bonchev–Trinajstić information content (AvgIpc) is 3.14. The molecule has 0 aliphatic carbocycles. The molecule has 53 heavy (non-hydrogen) atoms. The smallest absolute Gasteiger partial charge is 0.340 e. The molecule has 0 heterocycles. The third-order valence-corrected chi connectivity index (χ3v) is 6.80. The highest BCUT2D eigenvalue weighted by atomic mass is 16.5. The fourth-order valence-corrected chi connectivity index (χ4v) is 3.98. The number of likely N-dealkylation sites (N-methyl/N-ethyl adjacent to an activating group) is 1. The van der Waals surface area contributed by atoms with Crippen LogP contribution in [-0.4, -0.2) is 74.1 Å². The summed E-state index contributed by atoms with van der Waals surface area (Å²) in [5, 5.41) is 39.4. The minimum atomic E-state index is -0.702. The Morgan fingerprint density at radius 2 is 1.04 bits per heavy atom. The zero-order valence-corrected chi connectivity index (χ0v) is 30.1. The quantitative estimate of drug-likeness (QED) is 0.0421. The van der Waals surface area contributed by atoms with Crippen LogP contribution in [-0.2, 0) is 23.8 Å². The SMILES string of the molecule is CNC(=O)C(N=Nc1cc(C(=O)OC)ccc1C(=O)OC)=C(C)O.COC(=O)c1ccc(C(C)=O)cc1N=NC(C(=O)Nc1ccc(C)cc1)=C(C)O. The summed E-state index contributed by atoms with van der Waals surface area (Å²) in [7, 11) is 4.96. The number of methoxy groups -OCH3 is 3. The number of nitrogens with zero attached hydrogens (tertiary/aromatic N) is 4. The molecule has 0 aliphatic rings. The van der Waals surface area contributed by atoms with Crippen LogP contribution in [0.15, 0.2) is 104 Å². The summed E-state index contributed by atoms with van der Waals surface area (Å²) >= 11 is 0. The number of Topliss-reactive ketones (excluding diaryl/α,β-unsaturated/α-hetero) is 1. The minimum absolute atomic E-state index is 0.0209. The molecule has 0 spiro atoms. The van der Waals surface area contributed by atoms with Gasteiger partial charge in [0.2, 0.25) is 0 Å². The Morgan fingerprint density at radius 3 is 1.45 bits per heavy atom. The Morgan fingerprint density at radius 1 is 0.604 bits per heavy atom. The second-order valence-corrected chi connectivity index (χ2v) is 10.7. The topological polar surface area (TPSA) is 244 Å². The maximum Gasteiger partial charge on any atom is 0.340 e. The van der Waals surface area contributed by atoms with E-state index < -0.39 is 29.7 Å². The third kappa shape index (κ3) is 12.1. The van der Waals surface area contributed by atoms with Crippen molar-refractivity contribution < 1.29 is 53.2 Å². The van der Waals surface area contributed by atoms with Gasteiger partial charge >= 0.3 is 17.9 Å². The summed E-state index contributed by atoms with van der Waals surface area (Å²) in [5.74, 6) is -4.31. The maximum atomic E-state index is 12.5. The molecule has 3 rings (SSSR count). The Hall–Kier alpha value is -7.04. The summed E-state index contributed by atoms with van der Waals surface area (Å²) < 4.78 is 13.9. The molecular weight excluding hydrogens is 692 g/mol. The van der Waals surface area contributed by atoms with Crippen LogP contribution in [0.3, 0.4) is 0 Å². The lowest BCUT2D eigenvalue weighted by atomic mass is 10.1. The fourth-order valence-electron chi connectivity index (χ4n) is 3.98. The molecule has 3 aromatic carbocycles. The van der Waals surface area contributed by atoms with E-state index in [4.69, 9.17) is 4.74 Å². The number of hydrogen-bond donors (Lipinski definition) is 4. The van der Waals surface area contributed by atoms with Gasteiger partial charge in [-0.05, 0) is 70.2 Å². The average molecular weight is 731 g/mol. The highest BCUT2D eigenvalue weighted by Crippen LogP contribution is 2.26. The largest absolute Gasteiger partial charge is 0.510 e. The lowest BCUT2D eigenvalue weighted by Crippen LogP contribution is -2.20. The number of allylic oxidation sites excluding steroid dienone is 2. The van der Waals surface area contributed by atoms with Crippen LogP contribution in [0, 0.1) is 6.92 Å². The van der Waals surface area contributed by atoms with Crippen LogP contribution in [0.4, 0.5) is 17.1 Å². The summed E-state index contributed by atoms with van der Waals surface area (Å²) in [6.45, 7) is 5.83. The van der Waals surface area contributed by atoms with Gasteiger partial charge in [-0.2, -0.15) is 0 Å². The number of azo groups is 2. The Labute approximate surface area is 304 Å². The molecule has 3 aromatic rings. The van der Waals surface area contributed by atoms with Crippen LogP contribution in [0.25, 0.3) is 0 Å². The van der Waals surface area contributed by atoms with Gasteiger partial charge < -0.3 is 35.1 Å². The molecule has 0 radical (unpaired) electrons. The van der Waals surface area contributed by atoms with Gasteiger partial charge in [0, 0.05) is 18.3 Å². The molecule has 0 aliphatic heterocycles. The summed E-state index contributed by atoms with van der Waals surface area (Å²) in [6, 6.07) is 15.2. The Balaban J connectivity index is 0.000000374. The van der Waals surface area contributed by atoms with Gasteiger partial charge in [-0.1, -0.05) is 23.8 Å². The minimum Gasteiger partial charge on any atom is -0.510 e. The maximum absolute atomic E-state index is 12.5. The first-order chi connectivity index (χ1) is 25.1. The van der Waals surface area contributed by atoms with Gasteiger partial charge in [0.1, 0.15) is 22.9 Å². The summed E-state index contributed by atoms with van der Waals surface area (Å²) in [5.41, 5.74) is 1.41. The molecule has 4 N–H and O–H groups in total.